The van der Waals surface area contributed by atoms with Crippen LogP contribution >= 0.6 is 11.3 Å². The Morgan fingerprint density at radius 3 is 2.62 bits per heavy atom. The lowest BCUT2D eigenvalue weighted by Gasteiger charge is -2.10. The molecule has 4 rings (SSSR count). The van der Waals surface area contributed by atoms with Crippen LogP contribution in [-0.4, -0.2) is 4.98 Å². The molecule has 2 heterocycles. The zero-order chi connectivity index (χ0) is 14.4. The van der Waals surface area contributed by atoms with Crippen LogP contribution in [0.25, 0.3) is 32.2 Å². The molecule has 1 nitrogen and oxygen atoms in total. The van der Waals surface area contributed by atoms with Crippen LogP contribution in [0, 0.1) is 13.8 Å². The van der Waals surface area contributed by atoms with E-state index in [1.54, 1.807) is 11.3 Å². The number of hydrogen-bond acceptors (Lipinski definition) is 2. The fourth-order valence-electron chi connectivity index (χ4n) is 2.93. The maximum Gasteiger partial charge on any atom is 0.0799 e. The van der Waals surface area contributed by atoms with Crippen LogP contribution in [0.4, 0.5) is 0 Å². The van der Waals surface area contributed by atoms with Gasteiger partial charge in [-0.15, -0.1) is 11.3 Å². The van der Waals surface area contributed by atoms with Crippen molar-refractivity contribution in [3.05, 3.63) is 65.0 Å². The normalized spacial score (nSPS) is 11.3. The predicted octanol–water partition coefficient (Wildman–Crippen LogP) is 5.73. The lowest BCUT2D eigenvalue weighted by molar-refractivity contribution is 1.35. The van der Waals surface area contributed by atoms with Gasteiger partial charge in [0.1, 0.15) is 0 Å². The highest BCUT2D eigenvalue weighted by Crippen LogP contribution is 2.36. The van der Waals surface area contributed by atoms with E-state index in [0.29, 0.717) is 0 Å². The highest BCUT2D eigenvalue weighted by Gasteiger charge is 2.12. The summed E-state index contributed by atoms with van der Waals surface area (Å²) in [6.45, 7) is 4.29. The van der Waals surface area contributed by atoms with E-state index >= 15 is 0 Å². The van der Waals surface area contributed by atoms with Gasteiger partial charge in [-0.1, -0.05) is 42.0 Å². The van der Waals surface area contributed by atoms with Crippen molar-refractivity contribution in [3.63, 3.8) is 0 Å². The van der Waals surface area contributed by atoms with E-state index in [1.807, 2.05) is 0 Å². The third-order valence-electron chi connectivity index (χ3n) is 3.94. The molecule has 0 aliphatic rings. The van der Waals surface area contributed by atoms with Crippen LogP contribution in [0.5, 0.6) is 0 Å². The van der Waals surface area contributed by atoms with Crippen molar-refractivity contribution in [1.29, 1.82) is 0 Å². The van der Waals surface area contributed by atoms with Crippen LogP contribution in [-0.2, 0) is 0 Å². The molecule has 0 radical (unpaired) electrons. The molecule has 2 aromatic carbocycles. The highest BCUT2D eigenvalue weighted by atomic mass is 32.1. The second-order valence-electron chi connectivity index (χ2n) is 5.46. The Hall–Kier alpha value is -2.19. The summed E-state index contributed by atoms with van der Waals surface area (Å²) in [5, 5.41) is 4.66. The summed E-state index contributed by atoms with van der Waals surface area (Å²) >= 11 is 1.79. The first-order valence-corrected chi connectivity index (χ1v) is 7.95. The van der Waals surface area contributed by atoms with Crippen molar-refractivity contribution in [2.24, 2.45) is 0 Å². The van der Waals surface area contributed by atoms with E-state index in [-0.39, 0.29) is 0 Å². The first kappa shape index (κ1) is 12.5. The van der Waals surface area contributed by atoms with Crippen molar-refractivity contribution in [3.8, 4) is 11.3 Å². The van der Waals surface area contributed by atoms with Crippen molar-refractivity contribution >= 4 is 32.3 Å². The third-order valence-corrected chi connectivity index (χ3v) is 4.89. The Morgan fingerprint density at radius 2 is 1.76 bits per heavy atom. The average molecular weight is 289 g/mol. The van der Waals surface area contributed by atoms with Crippen LogP contribution in [0.1, 0.15) is 11.1 Å². The summed E-state index contributed by atoms with van der Waals surface area (Å²) in [7, 11) is 0. The van der Waals surface area contributed by atoms with Gasteiger partial charge < -0.3 is 0 Å². The molecule has 0 aliphatic carbocycles. The summed E-state index contributed by atoms with van der Waals surface area (Å²) in [5.41, 5.74) is 5.98. The molecule has 21 heavy (non-hydrogen) atoms. The topological polar surface area (TPSA) is 12.9 Å². The molecule has 0 fully saturated rings. The van der Waals surface area contributed by atoms with Gasteiger partial charge in [0, 0.05) is 21.0 Å². The number of hydrogen-bond donors (Lipinski definition) is 0. The second-order valence-corrected chi connectivity index (χ2v) is 6.38. The van der Waals surface area contributed by atoms with Crippen molar-refractivity contribution in [2.45, 2.75) is 13.8 Å². The summed E-state index contributed by atoms with van der Waals surface area (Å²) in [5.74, 6) is 0. The minimum Gasteiger partial charge on any atom is -0.247 e. The fourth-order valence-corrected chi connectivity index (χ4v) is 3.86. The Morgan fingerprint density at radius 1 is 0.905 bits per heavy atom. The van der Waals surface area contributed by atoms with E-state index in [9.17, 15) is 0 Å². The number of rotatable bonds is 1. The molecular weight excluding hydrogens is 274 g/mol. The molecule has 4 aromatic rings. The first-order valence-electron chi connectivity index (χ1n) is 7.07. The maximum absolute atomic E-state index is 4.94. The summed E-state index contributed by atoms with van der Waals surface area (Å²) in [6.07, 6.45) is 0. The van der Waals surface area contributed by atoms with Crippen molar-refractivity contribution in [1.82, 2.24) is 4.98 Å². The average Bonchev–Trinajstić information content (AvgIpc) is 2.96. The summed E-state index contributed by atoms with van der Waals surface area (Å²) in [4.78, 5) is 4.94. The van der Waals surface area contributed by atoms with Crippen LogP contribution in [0.2, 0.25) is 0 Å². The minimum absolute atomic E-state index is 1.07. The van der Waals surface area contributed by atoms with E-state index in [1.165, 1.54) is 32.2 Å². The molecule has 0 unspecified atom stereocenters. The van der Waals surface area contributed by atoms with Gasteiger partial charge in [-0.25, -0.2) is 4.98 Å². The van der Waals surface area contributed by atoms with Gasteiger partial charge in [-0.05, 0) is 36.9 Å². The molecule has 0 amide bonds. The molecule has 0 saturated carbocycles. The number of nitrogens with zero attached hydrogens (tertiary/aromatic N) is 1. The van der Waals surface area contributed by atoms with E-state index < -0.39 is 0 Å². The largest absolute Gasteiger partial charge is 0.247 e. The molecule has 2 heteroatoms. The molecule has 0 saturated heterocycles. The van der Waals surface area contributed by atoms with Gasteiger partial charge in [-0.2, -0.15) is 0 Å². The number of fused-ring (bicyclic) bond motifs is 3. The van der Waals surface area contributed by atoms with Gasteiger partial charge in [-0.3, -0.25) is 0 Å². The van der Waals surface area contributed by atoms with Crippen LogP contribution in [0.15, 0.2) is 53.9 Å². The molecular formula is C19H15NS. The lowest BCUT2D eigenvalue weighted by Crippen LogP contribution is -1.90. The number of pyridine rings is 1. The molecule has 0 atom stereocenters. The maximum atomic E-state index is 4.94. The van der Waals surface area contributed by atoms with E-state index in [2.05, 4.69) is 67.8 Å². The highest BCUT2D eigenvalue weighted by molar-refractivity contribution is 7.18. The molecule has 102 valence electrons. The smallest absolute Gasteiger partial charge is 0.0799 e. The minimum atomic E-state index is 1.07. The number of benzene rings is 2. The van der Waals surface area contributed by atoms with Gasteiger partial charge in [0.25, 0.3) is 0 Å². The second kappa shape index (κ2) is 4.68. The first-order chi connectivity index (χ1) is 10.2. The quantitative estimate of drug-likeness (QED) is 0.436. The standard InChI is InChI=1S/C19H15NS/c1-12-7-8-14(13(2)11-12)18-16-9-10-21-19(16)15-5-3-4-6-17(15)20-18/h3-11H,1-2H3. The van der Waals surface area contributed by atoms with Crippen molar-refractivity contribution < 1.29 is 0 Å². The predicted molar refractivity (Wildman–Crippen MR) is 92.0 cm³/mol. The zero-order valence-electron chi connectivity index (χ0n) is 12.1. The van der Waals surface area contributed by atoms with E-state index in [4.69, 9.17) is 4.98 Å². The Bertz CT molecular complexity index is 966. The summed E-state index contributed by atoms with van der Waals surface area (Å²) < 4.78 is 1.33. The number of aromatic nitrogens is 1. The van der Waals surface area contributed by atoms with Gasteiger partial charge in [0.05, 0.1) is 11.2 Å². The number of para-hydroxylation sites is 1. The number of aryl methyl sites for hydroxylation is 2. The molecule has 0 aliphatic heterocycles. The van der Waals surface area contributed by atoms with Crippen LogP contribution < -0.4 is 0 Å². The van der Waals surface area contributed by atoms with E-state index in [0.717, 1.165) is 11.2 Å². The number of thiophene rings is 1. The Kier molecular flexibility index (Phi) is 2.79. The molecule has 0 N–H and O–H groups in total. The molecule has 2 aromatic heterocycles. The van der Waals surface area contributed by atoms with Gasteiger partial charge in [0.2, 0.25) is 0 Å². The molecule has 0 spiro atoms. The van der Waals surface area contributed by atoms with Crippen LogP contribution in [0.3, 0.4) is 0 Å². The lowest BCUT2D eigenvalue weighted by atomic mass is 9.99. The van der Waals surface area contributed by atoms with Gasteiger partial charge in [0.15, 0.2) is 0 Å². The fraction of sp³-hybridized carbons (Fsp3) is 0.105. The van der Waals surface area contributed by atoms with Gasteiger partial charge >= 0.3 is 0 Å². The SMILES string of the molecule is Cc1ccc(-c2nc3ccccc3c3sccc23)c(C)c1. The Balaban J connectivity index is 2.13. The third kappa shape index (κ3) is 1.95. The monoisotopic (exact) mass is 289 g/mol. The molecule has 0 bridgehead atoms. The summed E-state index contributed by atoms with van der Waals surface area (Å²) in [6, 6.07) is 17.2. The Labute approximate surface area is 127 Å². The zero-order valence-corrected chi connectivity index (χ0v) is 12.9. The van der Waals surface area contributed by atoms with Crippen molar-refractivity contribution in [2.75, 3.05) is 0 Å².